The predicted molar refractivity (Wildman–Crippen MR) is 58.2 cm³/mol. The number of hydrogen-bond acceptors (Lipinski definition) is 3. The van der Waals surface area contributed by atoms with Crippen LogP contribution < -0.4 is 5.73 Å². The van der Waals surface area contributed by atoms with Gasteiger partial charge in [0, 0.05) is 36.1 Å². The molecular formula is C10H13N3S. The molecule has 0 aliphatic heterocycles. The van der Waals surface area contributed by atoms with Crippen LogP contribution >= 0.6 is 11.3 Å². The molecule has 14 heavy (non-hydrogen) atoms. The molecule has 1 atom stereocenters. The molecule has 2 rings (SSSR count). The molecular weight excluding hydrogens is 194 g/mol. The summed E-state index contributed by atoms with van der Waals surface area (Å²) in [5.74, 6) is 0. The lowest BCUT2D eigenvalue weighted by atomic mass is 10.1. The molecule has 2 N–H and O–H groups in total. The van der Waals surface area contributed by atoms with Gasteiger partial charge in [0.05, 0.1) is 6.20 Å². The largest absolute Gasteiger partial charge is 0.324 e. The van der Waals surface area contributed by atoms with Crippen molar-refractivity contribution in [3.05, 3.63) is 40.3 Å². The van der Waals surface area contributed by atoms with Gasteiger partial charge in [-0.2, -0.15) is 5.10 Å². The van der Waals surface area contributed by atoms with Crippen LogP contribution in [0.15, 0.2) is 29.9 Å². The lowest BCUT2D eigenvalue weighted by Crippen LogP contribution is -2.11. The second-order valence-electron chi connectivity index (χ2n) is 3.34. The van der Waals surface area contributed by atoms with Crippen molar-refractivity contribution in [3.63, 3.8) is 0 Å². The molecule has 0 aliphatic carbocycles. The summed E-state index contributed by atoms with van der Waals surface area (Å²) in [5.41, 5.74) is 7.15. The highest BCUT2D eigenvalue weighted by Crippen LogP contribution is 2.18. The third-order valence-corrected chi connectivity index (χ3v) is 3.05. The first kappa shape index (κ1) is 9.43. The first-order valence-corrected chi connectivity index (χ1v) is 5.40. The Bertz CT molecular complexity index is 391. The molecule has 0 spiro atoms. The van der Waals surface area contributed by atoms with Crippen LogP contribution in [0.1, 0.15) is 16.5 Å². The van der Waals surface area contributed by atoms with Gasteiger partial charge in [0.15, 0.2) is 0 Å². The quantitative estimate of drug-likeness (QED) is 0.833. The first-order valence-electron chi connectivity index (χ1n) is 4.52. The third-order valence-electron chi connectivity index (χ3n) is 2.15. The van der Waals surface area contributed by atoms with Crippen molar-refractivity contribution in [2.24, 2.45) is 12.8 Å². The van der Waals surface area contributed by atoms with Gasteiger partial charge in [0.2, 0.25) is 0 Å². The molecule has 0 amide bonds. The zero-order chi connectivity index (χ0) is 9.97. The average Bonchev–Trinajstić information content (AvgIpc) is 2.75. The van der Waals surface area contributed by atoms with E-state index in [2.05, 4.69) is 22.6 Å². The number of nitrogens with two attached hydrogens (primary N) is 1. The Hall–Kier alpha value is -1.13. The summed E-state index contributed by atoms with van der Waals surface area (Å²) in [6.45, 7) is 0. The van der Waals surface area contributed by atoms with E-state index in [4.69, 9.17) is 5.73 Å². The van der Waals surface area contributed by atoms with Crippen molar-refractivity contribution < 1.29 is 0 Å². The van der Waals surface area contributed by atoms with Crippen molar-refractivity contribution in [1.29, 1.82) is 0 Å². The van der Waals surface area contributed by atoms with Crippen LogP contribution in [-0.4, -0.2) is 9.78 Å². The molecule has 3 nitrogen and oxygen atoms in total. The summed E-state index contributed by atoms with van der Waals surface area (Å²) >= 11 is 1.75. The summed E-state index contributed by atoms with van der Waals surface area (Å²) in [6.07, 6.45) is 4.69. The van der Waals surface area contributed by atoms with E-state index in [0.717, 1.165) is 12.0 Å². The molecule has 2 aromatic rings. The van der Waals surface area contributed by atoms with Gasteiger partial charge in [-0.15, -0.1) is 11.3 Å². The second-order valence-corrected chi connectivity index (χ2v) is 4.37. The Morgan fingerprint density at radius 3 is 3.07 bits per heavy atom. The summed E-state index contributed by atoms with van der Waals surface area (Å²) in [6, 6.07) is 4.22. The minimum absolute atomic E-state index is 0.0577. The molecule has 0 fully saturated rings. The number of rotatable bonds is 3. The van der Waals surface area contributed by atoms with E-state index >= 15 is 0 Å². The maximum atomic E-state index is 6.05. The topological polar surface area (TPSA) is 43.8 Å². The fraction of sp³-hybridized carbons (Fsp3) is 0.300. The summed E-state index contributed by atoms with van der Waals surface area (Å²) in [4.78, 5) is 1.32. The lowest BCUT2D eigenvalue weighted by molar-refractivity contribution is 0.724. The monoisotopic (exact) mass is 207 g/mol. The Morgan fingerprint density at radius 1 is 1.64 bits per heavy atom. The number of aryl methyl sites for hydroxylation is 1. The van der Waals surface area contributed by atoms with Crippen molar-refractivity contribution in [1.82, 2.24) is 9.78 Å². The van der Waals surface area contributed by atoms with Crippen LogP contribution in [0.5, 0.6) is 0 Å². The summed E-state index contributed by atoms with van der Waals surface area (Å²) in [7, 11) is 1.90. The van der Waals surface area contributed by atoms with Gasteiger partial charge in [-0.1, -0.05) is 6.07 Å². The SMILES string of the molecule is Cn1cc(C(N)Cc2cccs2)cn1. The smallest absolute Gasteiger partial charge is 0.0537 e. The highest BCUT2D eigenvalue weighted by Gasteiger charge is 2.09. The average molecular weight is 207 g/mol. The standard InChI is InChI=1S/C10H13N3S/c1-13-7-8(6-12-13)10(11)5-9-3-2-4-14-9/h2-4,6-7,10H,5,11H2,1H3. The fourth-order valence-electron chi connectivity index (χ4n) is 1.39. The predicted octanol–water partition coefficient (Wildman–Crippen LogP) is 1.72. The van der Waals surface area contributed by atoms with Crippen LogP contribution in [0.2, 0.25) is 0 Å². The van der Waals surface area contributed by atoms with E-state index in [1.54, 1.807) is 16.0 Å². The molecule has 0 aromatic carbocycles. The van der Waals surface area contributed by atoms with Gasteiger partial charge >= 0.3 is 0 Å². The van der Waals surface area contributed by atoms with E-state index in [1.165, 1.54) is 4.88 Å². The zero-order valence-corrected chi connectivity index (χ0v) is 8.87. The first-order chi connectivity index (χ1) is 6.75. The molecule has 0 aliphatic rings. The Balaban J connectivity index is 2.06. The minimum atomic E-state index is 0.0577. The Kier molecular flexibility index (Phi) is 2.65. The fourth-order valence-corrected chi connectivity index (χ4v) is 2.16. The van der Waals surface area contributed by atoms with Crippen LogP contribution in [0, 0.1) is 0 Å². The van der Waals surface area contributed by atoms with Crippen molar-refractivity contribution in [2.75, 3.05) is 0 Å². The molecule has 1 unspecified atom stereocenters. The number of aromatic nitrogens is 2. The molecule has 4 heteroatoms. The van der Waals surface area contributed by atoms with Crippen LogP contribution in [-0.2, 0) is 13.5 Å². The Morgan fingerprint density at radius 2 is 2.50 bits per heavy atom. The van der Waals surface area contributed by atoms with Gasteiger partial charge in [0.1, 0.15) is 0 Å². The highest BCUT2D eigenvalue weighted by atomic mass is 32.1. The van der Waals surface area contributed by atoms with Gasteiger partial charge in [-0.05, 0) is 11.4 Å². The minimum Gasteiger partial charge on any atom is -0.324 e. The Labute approximate surface area is 87.2 Å². The third kappa shape index (κ3) is 2.02. The lowest BCUT2D eigenvalue weighted by Gasteiger charge is -2.06. The highest BCUT2D eigenvalue weighted by molar-refractivity contribution is 7.09. The van der Waals surface area contributed by atoms with E-state index in [1.807, 2.05) is 19.4 Å². The number of hydrogen-bond donors (Lipinski definition) is 1. The van der Waals surface area contributed by atoms with Crippen molar-refractivity contribution >= 4 is 11.3 Å². The molecule has 0 saturated heterocycles. The normalized spacial score (nSPS) is 13.0. The molecule has 0 saturated carbocycles. The van der Waals surface area contributed by atoms with Gasteiger partial charge < -0.3 is 5.73 Å². The van der Waals surface area contributed by atoms with Gasteiger partial charge in [-0.3, -0.25) is 4.68 Å². The molecule has 2 aromatic heterocycles. The van der Waals surface area contributed by atoms with Crippen LogP contribution in [0.3, 0.4) is 0 Å². The molecule has 74 valence electrons. The van der Waals surface area contributed by atoms with Gasteiger partial charge in [0.25, 0.3) is 0 Å². The van der Waals surface area contributed by atoms with Gasteiger partial charge in [-0.25, -0.2) is 0 Å². The molecule has 0 bridgehead atoms. The molecule has 0 radical (unpaired) electrons. The van der Waals surface area contributed by atoms with Crippen molar-refractivity contribution in [3.8, 4) is 0 Å². The zero-order valence-electron chi connectivity index (χ0n) is 8.05. The van der Waals surface area contributed by atoms with E-state index in [-0.39, 0.29) is 6.04 Å². The van der Waals surface area contributed by atoms with E-state index in [0.29, 0.717) is 0 Å². The summed E-state index contributed by atoms with van der Waals surface area (Å²) in [5, 5.41) is 6.18. The second kappa shape index (κ2) is 3.94. The maximum Gasteiger partial charge on any atom is 0.0537 e. The van der Waals surface area contributed by atoms with E-state index < -0.39 is 0 Å². The molecule has 2 heterocycles. The van der Waals surface area contributed by atoms with Crippen LogP contribution in [0.25, 0.3) is 0 Å². The summed E-state index contributed by atoms with van der Waals surface area (Å²) < 4.78 is 1.78. The maximum absolute atomic E-state index is 6.05. The van der Waals surface area contributed by atoms with E-state index in [9.17, 15) is 0 Å². The van der Waals surface area contributed by atoms with Crippen LogP contribution in [0.4, 0.5) is 0 Å². The number of nitrogens with zero attached hydrogens (tertiary/aromatic N) is 2. The number of thiophene rings is 1. The van der Waals surface area contributed by atoms with Crippen molar-refractivity contribution in [2.45, 2.75) is 12.5 Å².